The summed E-state index contributed by atoms with van der Waals surface area (Å²) in [6.45, 7) is 0. The van der Waals surface area contributed by atoms with Crippen molar-refractivity contribution in [3.8, 4) is 0 Å². The minimum atomic E-state index is 0.998. The van der Waals surface area contributed by atoms with Crippen molar-refractivity contribution < 1.29 is 0 Å². The third-order valence-corrected chi connectivity index (χ3v) is 2.98. The predicted molar refractivity (Wildman–Crippen MR) is 72.0 cm³/mol. The van der Waals surface area contributed by atoms with E-state index in [1.807, 2.05) is 36.4 Å². The van der Waals surface area contributed by atoms with E-state index in [0.717, 1.165) is 27.4 Å². The maximum Gasteiger partial charge on any atom is 0.0716 e. The summed E-state index contributed by atoms with van der Waals surface area (Å²) in [4.78, 5) is 4.62. The van der Waals surface area contributed by atoms with Gasteiger partial charge in [0.1, 0.15) is 0 Å². The fourth-order valence-electron chi connectivity index (χ4n) is 1.92. The first kappa shape index (κ1) is 9.43. The van der Waals surface area contributed by atoms with Crippen molar-refractivity contribution in [1.82, 2.24) is 4.98 Å². The molecule has 3 rings (SSSR count). The molecule has 0 saturated carbocycles. The number of aromatic nitrogens is 1. The molecule has 0 saturated heterocycles. The van der Waals surface area contributed by atoms with Crippen LogP contribution in [0, 0.1) is 0 Å². The number of benzene rings is 2. The summed E-state index contributed by atoms with van der Waals surface area (Å²) in [6.07, 6.45) is 0. The van der Waals surface area contributed by atoms with E-state index in [1.165, 1.54) is 0 Å². The summed E-state index contributed by atoms with van der Waals surface area (Å²) >= 11 is 5.02. The van der Waals surface area contributed by atoms with Crippen LogP contribution in [0.4, 0.5) is 0 Å². The highest BCUT2D eigenvalue weighted by atomic mass is 32.1. The van der Waals surface area contributed by atoms with Gasteiger partial charge in [0.25, 0.3) is 0 Å². The number of rotatable bonds is 1. The molecule has 0 amide bonds. The third kappa shape index (κ3) is 1.39. The molecule has 0 aliphatic rings. The van der Waals surface area contributed by atoms with Gasteiger partial charge in [-0.05, 0) is 23.8 Å². The summed E-state index contributed by atoms with van der Waals surface area (Å²) in [5.74, 6) is 0. The smallest absolute Gasteiger partial charge is 0.0716 e. The number of hydrogen-bond donors (Lipinski definition) is 0. The summed E-state index contributed by atoms with van der Waals surface area (Å²) < 4.78 is 0. The second kappa shape index (κ2) is 3.65. The van der Waals surface area contributed by atoms with E-state index in [2.05, 4.69) is 17.1 Å². The monoisotopic (exact) mass is 223 g/mol. The average Bonchev–Trinajstić information content (AvgIpc) is 2.35. The first-order valence-corrected chi connectivity index (χ1v) is 5.59. The van der Waals surface area contributed by atoms with Gasteiger partial charge in [-0.2, -0.15) is 0 Å². The highest BCUT2D eigenvalue weighted by Crippen LogP contribution is 2.21. The van der Waals surface area contributed by atoms with Crippen LogP contribution in [0.5, 0.6) is 0 Å². The van der Waals surface area contributed by atoms with E-state index in [1.54, 1.807) is 5.37 Å². The Hall–Kier alpha value is -1.80. The van der Waals surface area contributed by atoms with Gasteiger partial charge in [-0.3, -0.25) is 0 Å². The Bertz CT molecular complexity index is 688. The van der Waals surface area contributed by atoms with E-state index in [4.69, 9.17) is 12.2 Å². The number of nitrogens with zero attached hydrogens (tertiary/aromatic N) is 1. The molecular formula is C14H9NS. The highest BCUT2D eigenvalue weighted by Gasteiger charge is 2.01. The van der Waals surface area contributed by atoms with Crippen LogP contribution in [-0.4, -0.2) is 10.4 Å². The zero-order valence-electron chi connectivity index (χ0n) is 8.55. The van der Waals surface area contributed by atoms with Crippen molar-refractivity contribution in [1.29, 1.82) is 0 Å². The summed E-state index contributed by atoms with van der Waals surface area (Å²) in [6, 6.07) is 16.3. The zero-order chi connectivity index (χ0) is 11.0. The largest absolute Gasteiger partial charge is 0.248 e. The van der Waals surface area contributed by atoms with Gasteiger partial charge in [0.05, 0.1) is 11.0 Å². The fourth-order valence-corrected chi connectivity index (χ4v) is 2.13. The van der Waals surface area contributed by atoms with Crippen LogP contribution >= 0.6 is 12.2 Å². The quantitative estimate of drug-likeness (QED) is 0.460. The van der Waals surface area contributed by atoms with Crippen molar-refractivity contribution in [2.24, 2.45) is 0 Å². The fraction of sp³-hybridized carbons (Fsp3) is 0. The first-order valence-electron chi connectivity index (χ1n) is 5.12. The molecule has 0 atom stereocenters. The Morgan fingerprint density at radius 1 is 0.938 bits per heavy atom. The second-order valence-electron chi connectivity index (χ2n) is 3.71. The number of para-hydroxylation sites is 1. The lowest BCUT2D eigenvalue weighted by Gasteiger charge is -2.03. The Kier molecular flexibility index (Phi) is 2.15. The maximum atomic E-state index is 5.02. The number of fused-ring (bicyclic) bond motifs is 2. The van der Waals surface area contributed by atoms with Gasteiger partial charge in [0.2, 0.25) is 0 Å². The summed E-state index contributed by atoms with van der Waals surface area (Å²) in [5.41, 5.74) is 3.08. The van der Waals surface area contributed by atoms with E-state index < -0.39 is 0 Å². The molecule has 0 radical (unpaired) electrons. The van der Waals surface area contributed by atoms with Crippen LogP contribution in [0.1, 0.15) is 5.56 Å². The minimum absolute atomic E-state index is 0.998. The standard InChI is InChI=1S/C14H9NS/c16-9-11-5-3-7-14-12(11)8-10-4-1-2-6-13(10)15-14/h1-9H. The van der Waals surface area contributed by atoms with Gasteiger partial charge < -0.3 is 0 Å². The molecule has 0 unspecified atom stereocenters. The molecule has 3 aromatic rings. The molecule has 0 aliphatic heterocycles. The molecule has 1 nitrogen and oxygen atoms in total. The predicted octanol–water partition coefficient (Wildman–Crippen LogP) is 3.74. The van der Waals surface area contributed by atoms with E-state index in [0.29, 0.717) is 0 Å². The molecule has 76 valence electrons. The SMILES string of the molecule is S=Cc1cccc2nc3ccccc3cc12. The van der Waals surface area contributed by atoms with Gasteiger partial charge in [-0.25, -0.2) is 4.98 Å². The van der Waals surface area contributed by atoms with Crippen molar-refractivity contribution >= 4 is 39.4 Å². The van der Waals surface area contributed by atoms with Gasteiger partial charge in [0, 0.05) is 16.1 Å². The van der Waals surface area contributed by atoms with Crippen molar-refractivity contribution in [3.05, 3.63) is 54.1 Å². The van der Waals surface area contributed by atoms with Gasteiger partial charge in [-0.1, -0.05) is 42.5 Å². The first-order chi connectivity index (χ1) is 7.88. The van der Waals surface area contributed by atoms with Crippen LogP contribution < -0.4 is 0 Å². The molecule has 0 bridgehead atoms. The van der Waals surface area contributed by atoms with Crippen LogP contribution in [-0.2, 0) is 0 Å². The second-order valence-corrected chi connectivity index (χ2v) is 3.95. The maximum absolute atomic E-state index is 5.02. The molecule has 0 fully saturated rings. The molecule has 16 heavy (non-hydrogen) atoms. The number of hydrogen-bond acceptors (Lipinski definition) is 2. The molecule has 2 heteroatoms. The van der Waals surface area contributed by atoms with Crippen LogP contribution in [0.15, 0.2) is 48.5 Å². The average molecular weight is 223 g/mol. The van der Waals surface area contributed by atoms with E-state index in [-0.39, 0.29) is 0 Å². The lowest BCUT2D eigenvalue weighted by molar-refractivity contribution is 1.50. The molecule has 0 spiro atoms. The van der Waals surface area contributed by atoms with Crippen LogP contribution in [0.2, 0.25) is 0 Å². The summed E-state index contributed by atoms with van der Waals surface area (Å²) in [7, 11) is 0. The number of pyridine rings is 1. The van der Waals surface area contributed by atoms with Crippen molar-refractivity contribution in [3.63, 3.8) is 0 Å². The highest BCUT2D eigenvalue weighted by molar-refractivity contribution is 7.79. The zero-order valence-corrected chi connectivity index (χ0v) is 9.37. The molecule has 0 N–H and O–H groups in total. The van der Waals surface area contributed by atoms with Gasteiger partial charge in [0.15, 0.2) is 0 Å². The normalized spacial score (nSPS) is 10.8. The molecule has 0 aliphatic carbocycles. The Morgan fingerprint density at radius 2 is 1.75 bits per heavy atom. The summed E-state index contributed by atoms with van der Waals surface area (Å²) in [5, 5.41) is 3.98. The van der Waals surface area contributed by atoms with Crippen molar-refractivity contribution in [2.45, 2.75) is 0 Å². The van der Waals surface area contributed by atoms with Crippen molar-refractivity contribution in [2.75, 3.05) is 0 Å². The molecule has 1 aromatic heterocycles. The lowest BCUT2D eigenvalue weighted by atomic mass is 10.1. The molecule has 1 heterocycles. The number of thiocarbonyl (C=S) groups is 1. The van der Waals surface area contributed by atoms with Gasteiger partial charge in [-0.15, -0.1) is 0 Å². The Labute approximate surface area is 98.7 Å². The minimum Gasteiger partial charge on any atom is -0.248 e. The Morgan fingerprint density at radius 3 is 2.62 bits per heavy atom. The molecule has 2 aromatic carbocycles. The van der Waals surface area contributed by atoms with E-state index >= 15 is 0 Å². The van der Waals surface area contributed by atoms with E-state index in [9.17, 15) is 0 Å². The Balaban J connectivity index is 2.51. The molecular weight excluding hydrogens is 214 g/mol. The topological polar surface area (TPSA) is 12.9 Å². The van der Waals surface area contributed by atoms with Crippen LogP contribution in [0.25, 0.3) is 21.8 Å². The lowest BCUT2D eigenvalue weighted by Crippen LogP contribution is -1.86. The van der Waals surface area contributed by atoms with Gasteiger partial charge >= 0.3 is 0 Å². The third-order valence-electron chi connectivity index (χ3n) is 2.72. The van der Waals surface area contributed by atoms with Crippen LogP contribution in [0.3, 0.4) is 0 Å².